The van der Waals surface area contributed by atoms with E-state index in [0.717, 1.165) is 17.6 Å². The highest BCUT2D eigenvalue weighted by atomic mass is 79.9. The van der Waals surface area contributed by atoms with E-state index in [9.17, 15) is 0 Å². The summed E-state index contributed by atoms with van der Waals surface area (Å²) in [7, 11) is 0. The first-order valence-corrected chi connectivity index (χ1v) is 6.69. The third-order valence-electron chi connectivity index (χ3n) is 2.91. The first-order chi connectivity index (χ1) is 7.84. The molecule has 0 amide bonds. The molecule has 1 fully saturated rings. The van der Waals surface area contributed by atoms with Gasteiger partial charge in [0.1, 0.15) is 0 Å². The average molecular weight is 284 g/mol. The van der Waals surface area contributed by atoms with Crippen LogP contribution >= 0.6 is 15.9 Å². The highest BCUT2D eigenvalue weighted by molar-refractivity contribution is 9.10. The van der Waals surface area contributed by atoms with Crippen LogP contribution in [0.3, 0.4) is 0 Å². The topological polar surface area (TPSA) is 21.3 Å². The minimum absolute atomic E-state index is 0.559. The largest absolute Gasteiger partial charge is 0.375 e. The van der Waals surface area contributed by atoms with Crippen LogP contribution in [-0.2, 0) is 11.3 Å². The van der Waals surface area contributed by atoms with Gasteiger partial charge in [0.05, 0.1) is 13.2 Å². The minimum Gasteiger partial charge on any atom is -0.375 e. The van der Waals surface area contributed by atoms with Crippen LogP contribution < -0.4 is 5.32 Å². The molecule has 88 valence electrons. The van der Waals surface area contributed by atoms with E-state index in [-0.39, 0.29) is 0 Å². The van der Waals surface area contributed by atoms with Crippen molar-refractivity contribution in [3.05, 3.63) is 34.3 Å². The summed E-state index contributed by atoms with van der Waals surface area (Å²) >= 11 is 3.43. The van der Waals surface area contributed by atoms with Gasteiger partial charge in [0.2, 0.25) is 0 Å². The Morgan fingerprint density at radius 2 is 2.06 bits per heavy atom. The minimum atomic E-state index is 0.559. The molecule has 3 heteroatoms. The van der Waals surface area contributed by atoms with Crippen LogP contribution in [0.15, 0.2) is 28.7 Å². The molecular formula is C13H18BrNO. The molecule has 1 aliphatic heterocycles. The van der Waals surface area contributed by atoms with E-state index in [2.05, 4.69) is 45.5 Å². The van der Waals surface area contributed by atoms with Gasteiger partial charge in [-0.2, -0.15) is 0 Å². The molecule has 1 unspecified atom stereocenters. The Morgan fingerprint density at radius 1 is 1.25 bits per heavy atom. The van der Waals surface area contributed by atoms with Crippen LogP contribution in [0.4, 0.5) is 0 Å². The maximum Gasteiger partial charge on any atom is 0.0717 e. The lowest BCUT2D eigenvalue weighted by Crippen LogP contribution is -2.37. The van der Waals surface area contributed by atoms with Gasteiger partial charge in [-0.1, -0.05) is 34.5 Å². The third kappa shape index (κ3) is 3.89. The van der Waals surface area contributed by atoms with Gasteiger partial charge in [0.15, 0.2) is 0 Å². The van der Waals surface area contributed by atoms with Crippen LogP contribution in [0.1, 0.15) is 24.8 Å². The lowest BCUT2D eigenvalue weighted by atomic mass is 10.1. The number of piperidine rings is 1. The molecule has 0 aliphatic carbocycles. The zero-order valence-electron chi connectivity index (χ0n) is 9.42. The Morgan fingerprint density at radius 3 is 2.75 bits per heavy atom. The van der Waals surface area contributed by atoms with Gasteiger partial charge in [-0.05, 0) is 37.1 Å². The monoisotopic (exact) mass is 283 g/mol. The van der Waals surface area contributed by atoms with Crippen LogP contribution in [0, 0.1) is 0 Å². The van der Waals surface area contributed by atoms with Gasteiger partial charge in [0.25, 0.3) is 0 Å². The molecule has 0 spiro atoms. The second kappa shape index (κ2) is 6.38. The summed E-state index contributed by atoms with van der Waals surface area (Å²) < 4.78 is 6.84. The summed E-state index contributed by atoms with van der Waals surface area (Å²) in [6, 6.07) is 8.86. The predicted octanol–water partition coefficient (Wildman–Crippen LogP) is 3.11. The Balaban J connectivity index is 1.69. The normalized spacial score (nSPS) is 20.9. The third-order valence-corrected chi connectivity index (χ3v) is 3.44. The second-order valence-corrected chi connectivity index (χ2v) is 5.20. The molecule has 1 saturated heterocycles. The number of nitrogens with one attached hydrogen (secondary N) is 1. The smallest absolute Gasteiger partial charge is 0.0717 e. The van der Waals surface area contributed by atoms with Crippen LogP contribution in [0.2, 0.25) is 0 Å². The van der Waals surface area contributed by atoms with Crippen LogP contribution in [0.25, 0.3) is 0 Å². The van der Waals surface area contributed by atoms with Crippen molar-refractivity contribution in [3.63, 3.8) is 0 Å². The van der Waals surface area contributed by atoms with Gasteiger partial charge in [-0.25, -0.2) is 0 Å². The SMILES string of the molecule is Brc1ccc(COCC2CCCCN2)cc1. The highest BCUT2D eigenvalue weighted by Crippen LogP contribution is 2.12. The molecule has 0 aromatic heterocycles. The number of halogens is 1. The molecular weight excluding hydrogens is 266 g/mol. The number of hydrogen-bond acceptors (Lipinski definition) is 2. The molecule has 0 radical (unpaired) electrons. The van der Waals surface area contributed by atoms with Crippen molar-refractivity contribution in [2.24, 2.45) is 0 Å². The summed E-state index contributed by atoms with van der Waals surface area (Å²) in [4.78, 5) is 0. The van der Waals surface area contributed by atoms with Gasteiger partial charge in [-0.3, -0.25) is 0 Å². The molecule has 1 aromatic carbocycles. The van der Waals surface area contributed by atoms with Crippen molar-refractivity contribution in [1.29, 1.82) is 0 Å². The molecule has 1 aliphatic rings. The second-order valence-electron chi connectivity index (χ2n) is 4.29. The van der Waals surface area contributed by atoms with E-state index in [1.54, 1.807) is 0 Å². The molecule has 1 aromatic rings. The van der Waals surface area contributed by atoms with E-state index in [1.807, 2.05) is 0 Å². The number of rotatable bonds is 4. The van der Waals surface area contributed by atoms with Gasteiger partial charge < -0.3 is 10.1 Å². The van der Waals surface area contributed by atoms with E-state index >= 15 is 0 Å². The average Bonchev–Trinajstić information content (AvgIpc) is 2.33. The van der Waals surface area contributed by atoms with E-state index in [0.29, 0.717) is 12.6 Å². The van der Waals surface area contributed by atoms with Crippen molar-refractivity contribution >= 4 is 15.9 Å². The van der Waals surface area contributed by atoms with Crippen molar-refractivity contribution in [1.82, 2.24) is 5.32 Å². The zero-order valence-corrected chi connectivity index (χ0v) is 11.0. The maximum atomic E-state index is 5.72. The Hall–Kier alpha value is -0.380. The highest BCUT2D eigenvalue weighted by Gasteiger charge is 2.11. The van der Waals surface area contributed by atoms with Gasteiger partial charge in [0, 0.05) is 10.5 Å². The van der Waals surface area contributed by atoms with Crippen molar-refractivity contribution in [2.75, 3.05) is 13.2 Å². The van der Waals surface area contributed by atoms with Crippen molar-refractivity contribution in [2.45, 2.75) is 31.9 Å². The molecule has 1 N–H and O–H groups in total. The lowest BCUT2D eigenvalue weighted by molar-refractivity contribution is 0.0911. The van der Waals surface area contributed by atoms with E-state index < -0.39 is 0 Å². The number of benzene rings is 1. The number of ether oxygens (including phenoxy) is 1. The van der Waals surface area contributed by atoms with Crippen molar-refractivity contribution < 1.29 is 4.74 Å². The summed E-state index contributed by atoms with van der Waals surface area (Å²) in [6.07, 6.45) is 3.89. The molecule has 16 heavy (non-hydrogen) atoms. The first-order valence-electron chi connectivity index (χ1n) is 5.90. The van der Waals surface area contributed by atoms with Gasteiger partial charge >= 0.3 is 0 Å². The lowest BCUT2D eigenvalue weighted by Gasteiger charge is -2.23. The van der Waals surface area contributed by atoms with Crippen molar-refractivity contribution in [3.8, 4) is 0 Å². The van der Waals surface area contributed by atoms with Crippen LogP contribution in [0.5, 0.6) is 0 Å². The van der Waals surface area contributed by atoms with E-state index in [4.69, 9.17) is 4.74 Å². The Labute approximate surface area is 106 Å². The molecule has 0 saturated carbocycles. The fourth-order valence-electron chi connectivity index (χ4n) is 1.97. The Bertz CT molecular complexity index is 306. The quantitative estimate of drug-likeness (QED) is 0.917. The standard InChI is InChI=1S/C13H18BrNO/c14-12-6-4-11(5-7-12)9-16-10-13-3-1-2-8-15-13/h4-7,13,15H,1-3,8-10H2. The van der Waals surface area contributed by atoms with Crippen LogP contribution in [-0.4, -0.2) is 19.2 Å². The summed E-state index contributed by atoms with van der Waals surface area (Å²) in [5.74, 6) is 0. The summed E-state index contributed by atoms with van der Waals surface area (Å²) in [6.45, 7) is 2.69. The molecule has 2 rings (SSSR count). The van der Waals surface area contributed by atoms with E-state index in [1.165, 1.54) is 24.8 Å². The Kier molecular flexibility index (Phi) is 4.82. The molecule has 0 bridgehead atoms. The number of hydrogen-bond donors (Lipinski definition) is 1. The summed E-state index contributed by atoms with van der Waals surface area (Å²) in [5.41, 5.74) is 1.24. The molecule has 1 heterocycles. The van der Waals surface area contributed by atoms with Gasteiger partial charge in [-0.15, -0.1) is 0 Å². The first kappa shape index (κ1) is 12.1. The molecule has 1 atom stereocenters. The maximum absolute atomic E-state index is 5.72. The fraction of sp³-hybridized carbons (Fsp3) is 0.538. The predicted molar refractivity (Wildman–Crippen MR) is 69.4 cm³/mol. The fourth-order valence-corrected chi connectivity index (χ4v) is 2.23. The zero-order chi connectivity index (χ0) is 11.2. The summed E-state index contributed by atoms with van der Waals surface area (Å²) in [5, 5.41) is 3.48. The molecule has 2 nitrogen and oxygen atoms in total.